The van der Waals surface area contributed by atoms with E-state index in [1.807, 2.05) is 6.92 Å². The smallest absolute Gasteiger partial charge is 0.123 e. The van der Waals surface area contributed by atoms with Crippen molar-refractivity contribution in [1.82, 2.24) is 0 Å². The van der Waals surface area contributed by atoms with Crippen LogP contribution < -0.4 is 5.73 Å². The minimum atomic E-state index is -0.267. The van der Waals surface area contributed by atoms with Gasteiger partial charge in [0.2, 0.25) is 0 Å². The molecule has 0 saturated heterocycles. The maximum Gasteiger partial charge on any atom is 0.123 e. The van der Waals surface area contributed by atoms with E-state index >= 15 is 0 Å². The Labute approximate surface area is 122 Å². The highest BCUT2D eigenvalue weighted by molar-refractivity contribution is 6.34. The second-order valence-electron chi connectivity index (χ2n) is 4.58. The van der Waals surface area contributed by atoms with Gasteiger partial charge in [0.25, 0.3) is 0 Å². The lowest BCUT2D eigenvalue weighted by Crippen LogP contribution is -2.14. The van der Waals surface area contributed by atoms with Crippen molar-refractivity contribution in [3.8, 4) is 0 Å². The van der Waals surface area contributed by atoms with Gasteiger partial charge in [0.05, 0.1) is 0 Å². The first-order chi connectivity index (χ1) is 8.95. The largest absolute Gasteiger partial charge is 0.324 e. The topological polar surface area (TPSA) is 26.0 Å². The van der Waals surface area contributed by atoms with Gasteiger partial charge in [-0.15, -0.1) is 0 Å². The molecule has 1 atom stereocenters. The summed E-state index contributed by atoms with van der Waals surface area (Å²) in [6.45, 7) is 1.94. The predicted molar refractivity (Wildman–Crippen MR) is 78.2 cm³/mol. The predicted octanol–water partition coefficient (Wildman–Crippen LogP) is 4.68. The van der Waals surface area contributed by atoms with Gasteiger partial charge < -0.3 is 5.73 Å². The van der Waals surface area contributed by atoms with Crippen molar-refractivity contribution in [3.63, 3.8) is 0 Å². The molecule has 1 nitrogen and oxygen atoms in total. The van der Waals surface area contributed by atoms with E-state index in [0.717, 1.165) is 16.7 Å². The molecule has 0 bridgehead atoms. The molecule has 0 radical (unpaired) electrons. The summed E-state index contributed by atoms with van der Waals surface area (Å²) in [5, 5.41) is 1.10. The Morgan fingerprint density at radius 3 is 2.37 bits per heavy atom. The Morgan fingerprint density at radius 2 is 1.74 bits per heavy atom. The monoisotopic (exact) mass is 297 g/mol. The van der Waals surface area contributed by atoms with E-state index in [1.165, 1.54) is 12.1 Å². The molecule has 0 aliphatic rings. The number of benzene rings is 2. The van der Waals surface area contributed by atoms with Crippen LogP contribution in [0.1, 0.15) is 22.7 Å². The summed E-state index contributed by atoms with van der Waals surface area (Å²) in [5.41, 5.74) is 8.90. The molecule has 0 aliphatic carbocycles. The highest BCUT2D eigenvalue weighted by Crippen LogP contribution is 2.25. The van der Waals surface area contributed by atoms with Crippen molar-refractivity contribution < 1.29 is 4.39 Å². The normalized spacial score (nSPS) is 12.5. The summed E-state index contributed by atoms with van der Waals surface area (Å²) < 4.78 is 13.2. The summed E-state index contributed by atoms with van der Waals surface area (Å²) in [5.74, 6) is -0.253. The molecule has 4 heteroatoms. The molecule has 0 saturated carbocycles. The summed E-state index contributed by atoms with van der Waals surface area (Å²) in [6, 6.07) is 9.67. The molecule has 0 aromatic heterocycles. The first-order valence-electron chi connectivity index (χ1n) is 5.92. The van der Waals surface area contributed by atoms with Crippen molar-refractivity contribution in [1.29, 1.82) is 0 Å². The van der Waals surface area contributed by atoms with Crippen LogP contribution in [-0.2, 0) is 6.42 Å². The summed E-state index contributed by atoms with van der Waals surface area (Å²) in [6.07, 6.45) is 0.542. The highest BCUT2D eigenvalue weighted by Gasteiger charge is 2.11. The zero-order valence-corrected chi connectivity index (χ0v) is 12.0. The summed E-state index contributed by atoms with van der Waals surface area (Å²) >= 11 is 11.9. The zero-order chi connectivity index (χ0) is 14.0. The fourth-order valence-corrected chi connectivity index (χ4v) is 2.55. The van der Waals surface area contributed by atoms with Crippen molar-refractivity contribution in [2.75, 3.05) is 0 Å². The molecule has 0 heterocycles. The van der Waals surface area contributed by atoms with Gasteiger partial charge in [0, 0.05) is 16.1 Å². The molecule has 2 aromatic rings. The molecule has 0 spiro atoms. The van der Waals surface area contributed by atoms with Crippen LogP contribution in [0.3, 0.4) is 0 Å². The molecule has 100 valence electrons. The van der Waals surface area contributed by atoms with E-state index in [-0.39, 0.29) is 11.9 Å². The molecule has 2 aromatic carbocycles. The van der Waals surface area contributed by atoms with Crippen molar-refractivity contribution >= 4 is 23.2 Å². The number of hydrogen-bond donors (Lipinski definition) is 1. The third-order valence-electron chi connectivity index (χ3n) is 3.06. The number of rotatable bonds is 3. The van der Waals surface area contributed by atoms with E-state index in [1.54, 1.807) is 24.3 Å². The van der Waals surface area contributed by atoms with Crippen LogP contribution in [0.2, 0.25) is 10.0 Å². The summed E-state index contributed by atoms with van der Waals surface area (Å²) in [4.78, 5) is 0. The lowest BCUT2D eigenvalue weighted by molar-refractivity contribution is 0.621. The number of hydrogen-bond acceptors (Lipinski definition) is 1. The van der Waals surface area contributed by atoms with Gasteiger partial charge in [0.1, 0.15) is 5.82 Å². The Morgan fingerprint density at radius 1 is 1.11 bits per heavy atom. The maximum atomic E-state index is 13.2. The van der Waals surface area contributed by atoms with E-state index < -0.39 is 0 Å². The lowest BCUT2D eigenvalue weighted by atomic mass is 9.97. The average molecular weight is 298 g/mol. The van der Waals surface area contributed by atoms with Crippen molar-refractivity contribution in [2.45, 2.75) is 19.4 Å². The lowest BCUT2D eigenvalue weighted by Gasteiger charge is -2.15. The molecule has 0 fully saturated rings. The van der Waals surface area contributed by atoms with Gasteiger partial charge >= 0.3 is 0 Å². The minimum absolute atomic E-state index is 0.253. The number of nitrogens with two attached hydrogens (primary N) is 1. The first-order valence-corrected chi connectivity index (χ1v) is 6.68. The molecular weight excluding hydrogens is 284 g/mol. The summed E-state index contributed by atoms with van der Waals surface area (Å²) in [7, 11) is 0. The molecule has 2 N–H and O–H groups in total. The van der Waals surface area contributed by atoms with E-state index in [4.69, 9.17) is 28.9 Å². The van der Waals surface area contributed by atoms with Crippen LogP contribution in [-0.4, -0.2) is 0 Å². The number of aryl methyl sites for hydroxylation is 1. The molecule has 19 heavy (non-hydrogen) atoms. The average Bonchev–Trinajstić information content (AvgIpc) is 2.32. The van der Waals surface area contributed by atoms with Crippen LogP contribution in [0.25, 0.3) is 0 Å². The van der Waals surface area contributed by atoms with Crippen LogP contribution in [0.4, 0.5) is 4.39 Å². The second kappa shape index (κ2) is 5.91. The zero-order valence-electron chi connectivity index (χ0n) is 10.5. The Balaban J connectivity index is 2.25. The highest BCUT2D eigenvalue weighted by atomic mass is 35.5. The first kappa shape index (κ1) is 14.3. The van der Waals surface area contributed by atoms with Crippen molar-refractivity contribution in [3.05, 3.63) is 69.0 Å². The fraction of sp³-hybridized carbons (Fsp3) is 0.200. The molecule has 0 aliphatic heterocycles. The van der Waals surface area contributed by atoms with Gasteiger partial charge in [-0.3, -0.25) is 0 Å². The molecule has 1 unspecified atom stereocenters. The molecule has 0 amide bonds. The van der Waals surface area contributed by atoms with Gasteiger partial charge in [-0.1, -0.05) is 29.3 Å². The third kappa shape index (κ3) is 3.69. The molecular formula is C15H14Cl2FN. The number of halogens is 3. The Hall–Kier alpha value is -1.09. The van der Waals surface area contributed by atoms with E-state index in [0.29, 0.717) is 16.5 Å². The SMILES string of the molecule is Cc1ccc(F)cc1CC(N)c1cc(Cl)cc(Cl)c1. The Kier molecular flexibility index (Phi) is 4.46. The second-order valence-corrected chi connectivity index (χ2v) is 5.46. The van der Waals surface area contributed by atoms with Crippen LogP contribution in [0, 0.1) is 12.7 Å². The van der Waals surface area contributed by atoms with Crippen LogP contribution >= 0.6 is 23.2 Å². The third-order valence-corrected chi connectivity index (χ3v) is 3.50. The Bertz CT molecular complexity index is 578. The van der Waals surface area contributed by atoms with Crippen LogP contribution in [0.15, 0.2) is 36.4 Å². The minimum Gasteiger partial charge on any atom is -0.324 e. The molecule has 2 rings (SSSR count). The van der Waals surface area contributed by atoms with E-state index in [9.17, 15) is 4.39 Å². The van der Waals surface area contributed by atoms with Gasteiger partial charge in [-0.05, 0) is 60.4 Å². The van der Waals surface area contributed by atoms with Gasteiger partial charge in [0.15, 0.2) is 0 Å². The van der Waals surface area contributed by atoms with Gasteiger partial charge in [-0.2, -0.15) is 0 Å². The quantitative estimate of drug-likeness (QED) is 0.874. The van der Waals surface area contributed by atoms with E-state index in [2.05, 4.69) is 0 Å². The fourth-order valence-electron chi connectivity index (χ4n) is 2.00. The maximum absolute atomic E-state index is 13.2. The van der Waals surface area contributed by atoms with Crippen LogP contribution in [0.5, 0.6) is 0 Å². The van der Waals surface area contributed by atoms with Gasteiger partial charge in [-0.25, -0.2) is 4.39 Å². The van der Waals surface area contributed by atoms with Crippen molar-refractivity contribution in [2.24, 2.45) is 5.73 Å². The standard InChI is InChI=1S/C15H14Cl2FN/c1-9-2-3-14(18)6-10(9)7-15(19)11-4-12(16)8-13(17)5-11/h2-6,8,15H,7,19H2,1H3.